The van der Waals surface area contributed by atoms with Crippen LogP contribution in [0.5, 0.6) is 5.75 Å². The largest absolute Gasteiger partial charge is 0.478 e. The normalized spacial score (nSPS) is 14.3. The number of carbonyl (C=O) groups is 9. The first-order chi connectivity index (χ1) is 67.8. The highest BCUT2D eigenvalue weighted by molar-refractivity contribution is 7.90. The Labute approximate surface area is 831 Å². The van der Waals surface area contributed by atoms with E-state index in [1.165, 1.54) is 36.4 Å². The molecule has 6 aromatic rings. The number of nitrogens with one attached hydrogen (secondary N) is 6. The van der Waals surface area contributed by atoms with Crippen LogP contribution in [0.15, 0.2) is 177 Å². The van der Waals surface area contributed by atoms with E-state index in [4.69, 9.17) is 62.3 Å². The maximum Gasteiger partial charge on any atom is 0.336 e. The molecule has 0 radical (unpaired) electrons. The van der Waals surface area contributed by atoms with Gasteiger partial charge in [-0.05, 0) is 179 Å². The van der Waals surface area contributed by atoms with Gasteiger partial charge in [0.1, 0.15) is 22.7 Å². The molecule has 147 heavy (non-hydrogen) atoms. The number of allylic oxidation sites excluding steroid dienone is 1. The van der Waals surface area contributed by atoms with Crippen molar-refractivity contribution in [2.24, 2.45) is 11.6 Å². The van der Waals surface area contributed by atoms with Crippen LogP contribution in [0.25, 0.3) is 72.4 Å². The summed E-state index contributed by atoms with van der Waals surface area (Å²) in [6, 6.07) is 14.1. The number of hydrogen-bond acceptors (Lipinski definition) is 37. The van der Waals surface area contributed by atoms with E-state index < -0.39 is 297 Å². The average molecular weight is 2220 g/mol. The molecule has 0 saturated heterocycles. The number of hydrazine groups is 1. The van der Waals surface area contributed by atoms with Crippen LogP contribution in [0.1, 0.15) is 133 Å². The Kier molecular flexibility index (Phi) is 34.4. The van der Waals surface area contributed by atoms with Crippen LogP contribution < -0.4 is 65.6 Å². The van der Waals surface area contributed by atoms with Crippen molar-refractivity contribution in [1.82, 2.24) is 26.3 Å². The standard InChI is InChI=1S/C34H42N6O14S3.C25H22N3O14PS2.C25H23N3O14S3/c1-2-3-14-40(16-6-17-55(45,46)47)15-5-4-7-26(33(42)39-37)38-32(41)19-8-9-20(23(18-19)34(43)44)27-21-10-12-24(35)30(56(48,49)50)28(21)54-29-22(27)11-13-25(36)31(29)57(51,52)53;2*1-10(29)18(9-43(33,34)35)28-24(30)11-2-3-12(15(8-11)25(31)32)19-13-4-6-16(26)22(44(36,37)38)20(13)42-21-14(19)5-7-17(27)23(21)45(39,40)41/h8-13,18,26,35H,2-7,14-17,36-37H2,1H3,(H,38,41)(H,39,42)(H,43,44)(H,45,46,47)(H,48,49,50)(H,51,52,53);2-8,18,26H,9,27H2,1H3,(H,28,30)(H,31,32)(H2,33,34,35)(H,36,37,38)(H,39,40,41);2-8,16,18H,9,26-27H2,1H3,(H,28,30)(H,31,32)(H,33,34,35)(H,36,37,38)(H,39,40,41). The number of ketones is 2. The molecule has 788 valence electrons. The number of carbonyl (C=O) groups excluding carboxylic acids is 6. The molecule has 4 unspecified atom stereocenters. The smallest absolute Gasteiger partial charge is 0.336 e. The molecule has 12 rings (SSSR count). The highest BCUT2D eigenvalue weighted by Crippen LogP contribution is 2.52. The number of anilines is 3. The SMILES string of the molecule is CC(=O)C(CP(=O)(O)O)NC(=O)c1ccc(-c2c3ccc(=N)c(S(=O)(=O)O)c-3oc3c(S(=O)(=O)O)c(N)ccc23)c(C(=O)O)c1.CC(=O)C(CS(=O)(=O)O)NC(=O)c1ccc(C2=C3C=CC(N)C(S(=O)(=O)O)=C3Oc3c2ccc(N)c3S(=O)(=O)O)c(C(=O)O)c1.CCCCN(CCCCC(NC(=O)c1ccc(-c2c3ccc(=N)c(S(=O)(=O)O)c-3oc3c(S(=O)(=O)O)c(N)ccc23)c(C(=O)O)c1)C(=O)NN)CCCS(=O)(=O)O. The van der Waals surface area contributed by atoms with Crippen molar-refractivity contribution in [1.29, 1.82) is 10.8 Å². The Bertz CT molecular complexity index is 8460. The van der Waals surface area contributed by atoms with E-state index in [2.05, 4.69) is 16.0 Å². The number of ether oxygens (including phenoxy) is 1. The molecule has 0 saturated carbocycles. The minimum absolute atomic E-state index is 0.101. The third kappa shape index (κ3) is 26.7. The second-order valence-electron chi connectivity index (χ2n) is 32.4. The van der Waals surface area contributed by atoms with Crippen molar-refractivity contribution in [2.75, 3.05) is 54.5 Å². The fourth-order valence-electron chi connectivity index (χ4n) is 15.7. The number of rotatable bonds is 37. The predicted octanol–water partition coefficient (Wildman–Crippen LogP) is 3.40. The van der Waals surface area contributed by atoms with Crippen molar-refractivity contribution in [3.8, 4) is 50.7 Å². The summed E-state index contributed by atoms with van der Waals surface area (Å²) in [4.78, 5) is 128. The maximum atomic E-state index is 13.5. The Hall–Kier alpha value is -13.9. The van der Waals surface area contributed by atoms with Crippen LogP contribution in [0.3, 0.4) is 0 Å². The predicted molar refractivity (Wildman–Crippen MR) is 514 cm³/mol. The molecule has 0 fully saturated rings. The number of Topliss-reactive ketones (excluding diaryl/α,β-unsaturated/α-hetero) is 2. The second-order valence-corrected chi connectivity index (χ2v) is 45.4. The second kappa shape index (κ2) is 44.0. The summed E-state index contributed by atoms with van der Waals surface area (Å²) in [6.45, 7) is 5.54. The molecule has 6 aliphatic rings. The fourth-order valence-corrected chi connectivity index (χ4v) is 22.3. The van der Waals surface area contributed by atoms with E-state index in [1.54, 1.807) is 0 Å². The van der Waals surface area contributed by atoms with Gasteiger partial charge in [0.05, 0.1) is 68.5 Å². The van der Waals surface area contributed by atoms with Crippen molar-refractivity contribution in [2.45, 2.75) is 108 Å². The zero-order chi connectivity index (χ0) is 110. The Morgan fingerprint density at radius 1 is 0.463 bits per heavy atom. The van der Waals surface area contributed by atoms with Crippen LogP contribution in [0.2, 0.25) is 0 Å². The minimum Gasteiger partial charge on any atom is -0.478 e. The van der Waals surface area contributed by atoms with E-state index in [1.807, 2.05) is 17.2 Å². The van der Waals surface area contributed by atoms with E-state index in [-0.39, 0.29) is 90.6 Å². The van der Waals surface area contributed by atoms with Gasteiger partial charge in [0.25, 0.3) is 105 Å². The van der Waals surface area contributed by atoms with Gasteiger partial charge >= 0.3 is 25.5 Å². The molecule has 0 bridgehead atoms. The molecular weight excluding hydrogens is 2140 g/mol. The first-order valence-corrected chi connectivity index (χ1v) is 55.3. The third-order valence-electron chi connectivity index (χ3n) is 22.1. The van der Waals surface area contributed by atoms with Crippen LogP contribution in [0.4, 0.5) is 17.1 Å². The highest BCUT2D eigenvalue weighted by atomic mass is 32.2. The van der Waals surface area contributed by atoms with Gasteiger partial charge in [0.15, 0.2) is 70.2 Å². The van der Waals surface area contributed by atoms with Crippen molar-refractivity contribution in [3.63, 3.8) is 0 Å². The van der Waals surface area contributed by atoms with Crippen molar-refractivity contribution < 1.29 is 190 Å². The van der Waals surface area contributed by atoms with Crippen LogP contribution in [-0.2, 0) is 99.9 Å². The van der Waals surface area contributed by atoms with Crippen LogP contribution in [-0.4, -0.2) is 248 Å². The number of hydrogen-bond donors (Lipinski definition) is 24. The molecule has 54 nitrogen and oxygen atoms in total. The van der Waals surface area contributed by atoms with Gasteiger partial charge < -0.3 is 82.5 Å². The first kappa shape index (κ1) is 115. The molecule has 63 heteroatoms. The molecule has 6 aromatic carbocycles. The van der Waals surface area contributed by atoms with Gasteiger partial charge in [-0.1, -0.05) is 43.7 Å². The maximum absolute atomic E-state index is 13.5. The van der Waals surface area contributed by atoms with Gasteiger partial charge in [-0.25, -0.2) is 20.2 Å². The molecule has 4 atom stereocenters. The Morgan fingerprint density at radius 2 is 0.844 bits per heavy atom. The molecule has 29 N–H and O–H groups in total. The monoisotopic (exact) mass is 2220 g/mol. The van der Waals surface area contributed by atoms with Gasteiger partial charge in [0.2, 0.25) is 0 Å². The Morgan fingerprint density at radius 3 is 1.23 bits per heavy atom. The van der Waals surface area contributed by atoms with E-state index >= 15 is 0 Å². The first-order valence-electron chi connectivity index (χ1n) is 41.7. The third-order valence-corrected chi connectivity index (χ3v) is 30.2. The number of amides is 4. The lowest BCUT2D eigenvalue weighted by atomic mass is 9.84. The summed E-state index contributed by atoms with van der Waals surface area (Å²) in [5.74, 6) is -9.62. The molecule has 3 heterocycles. The number of nitrogen functional groups attached to an aromatic ring is 3. The number of carboxylic acids is 3. The molecule has 0 spiro atoms. The summed E-state index contributed by atoms with van der Waals surface area (Å²) in [7, 11) is -44.8. The van der Waals surface area contributed by atoms with Gasteiger partial charge in [0, 0.05) is 66.4 Å². The van der Waals surface area contributed by atoms with Crippen LogP contribution in [0, 0.1) is 10.8 Å². The number of fused-ring (bicyclic) bond motifs is 6. The number of unbranched alkanes of at least 4 members (excludes halogenated alkanes) is 2. The topological polar surface area (TPSA) is 971 Å². The zero-order valence-corrected chi connectivity index (χ0v) is 83.0. The fraction of sp³-hybridized carbons (Fsp3) is 0.226. The van der Waals surface area contributed by atoms with Crippen molar-refractivity contribution in [3.05, 3.63) is 199 Å². The number of benzene rings is 8. The quantitative estimate of drug-likeness (QED) is 0.00388. The molecule has 4 amide bonds. The summed E-state index contributed by atoms with van der Waals surface area (Å²) >= 11 is 0. The number of nitrogens with zero attached hydrogens (tertiary/aromatic N) is 1. The van der Waals surface area contributed by atoms with Gasteiger partial charge in [-0.15, -0.1) is 0 Å². The summed E-state index contributed by atoms with van der Waals surface area (Å²) in [5.41, 5.74) is 16.9. The summed E-state index contributed by atoms with van der Waals surface area (Å²) in [6.07, 6.45) is 4.31. The number of aromatic carboxylic acids is 3. The minimum atomic E-state index is -5.24. The number of nitrogens with two attached hydrogens (primary N) is 5. The number of carboxylic acid groups (broad SMARTS) is 3. The van der Waals surface area contributed by atoms with E-state index in [9.17, 15) is 167 Å². The van der Waals surface area contributed by atoms with Crippen molar-refractivity contribution >= 4 is 186 Å². The lowest BCUT2D eigenvalue weighted by molar-refractivity contribution is -0.123. The summed E-state index contributed by atoms with van der Waals surface area (Å²) < 4.78 is 299. The molecule has 3 aliphatic carbocycles. The Balaban J connectivity index is 0.000000228. The molecule has 0 aromatic heterocycles. The molecular formula is C84H87N12O42PS8. The average Bonchev–Trinajstić information content (AvgIpc) is 0.726. The lowest BCUT2D eigenvalue weighted by Gasteiger charge is -2.31. The molecule has 3 aliphatic heterocycles. The van der Waals surface area contributed by atoms with Gasteiger partial charge in [-0.3, -0.25) is 86.0 Å². The lowest BCUT2D eigenvalue weighted by Crippen LogP contribution is -2.49. The highest BCUT2D eigenvalue weighted by Gasteiger charge is 2.43. The van der Waals surface area contributed by atoms with Crippen LogP contribution >= 0.6 is 7.60 Å². The van der Waals surface area contributed by atoms with E-state index in [0.717, 1.165) is 118 Å². The van der Waals surface area contributed by atoms with E-state index in [0.29, 0.717) is 32.5 Å². The van der Waals surface area contributed by atoms with Gasteiger partial charge in [-0.2, -0.15) is 67.3 Å². The zero-order valence-electron chi connectivity index (χ0n) is 75.6. The summed E-state index contributed by atoms with van der Waals surface area (Å²) in [5, 5.41) is 51.5.